The van der Waals surface area contributed by atoms with Crippen molar-refractivity contribution in [2.75, 3.05) is 27.2 Å². The lowest BCUT2D eigenvalue weighted by molar-refractivity contribution is -0.131. The number of aryl methyl sites for hydroxylation is 1. The Bertz CT molecular complexity index is 820. The highest BCUT2D eigenvalue weighted by Crippen LogP contribution is 2.31. The normalized spacial score (nSPS) is 20.4. The first-order valence-electron chi connectivity index (χ1n) is 8.87. The topological polar surface area (TPSA) is 108 Å². The first-order valence-corrected chi connectivity index (χ1v) is 8.87. The number of aromatic nitrogens is 1. The van der Waals surface area contributed by atoms with Gasteiger partial charge in [-0.25, -0.2) is 4.98 Å². The van der Waals surface area contributed by atoms with Crippen LogP contribution in [0, 0.1) is 12.8 Å². The number of likely N-dealkylation sites (tertiary alicyclic amines) is 1. The van der Waals surface area contributed by atoms with Gasteiger partial charge in [0.2, 0.25) is 11.8 Å². The minimum atomic E-state index is -0.627. The quantitative estimate of drug-likeness (QED) is 0.723. The molecule has 3 rings (SSSR count). The number of aliphatic hydroxyl groups is 1. The van der Waals surface area contributed by atoms with Crippen molar-refractivity contribution < 1.29 is 24.2 Å². The number of carbonyl (C=O) groups is 1. The summed E-state index contributed by atoms with van der Waals surface area (Å²) < 4.78 is 10.7. The molecule has 1 aliphatic rings. The van der Waals surface area contributed by atoms with Gasteiger partial charge in [0.25, 0.3) is 0 Å². The number of phenols is 1. The number of hydrogen-bond donors (Lipinski definition) is 3. The Morgan fingerprint density at radius 3 is 2.96 bits per heavy atom. The summed E-state index contributed by atoms with van der Waals surface area (Å²) >= 11 is 0. The molecular formula is C19H25N3O5. The van der Waals surface area contributed by atoms with Gasteiger partial charge in [-0.1, -0.05) is 0 Å². The van der Waals surface area contributed by atoms with E-state index in [1.54, 1.807) is 19.1 Å². The molecule has 1 saturated heterocycles. The van der Waals surface area contributed by atoms with Gasteiger partial charge in [-0.15, -0.1) is 0 Å². The van der Waals surface area contributed by atoms with Crippen LogP contribution in [0.15, 0.2) is 22.6 Å². The molecule has 0 spiro atoms. The van der Waals surface area contributed by atoms with Crippen molar-refractivity contribution in [1.29, 1.82) is 0 Å². The third-order valence-corrected chi connectivity index (χ3v) is 4.86. The lowest BCUT2D eigenvalue weighted by Crippen LogP contribution is -2.48. The molecule has 1 aliphatic heterocycles. The number of hydrogen-bond acceptors (Lipinski definition) is 7. The van der Waals surface area contributed by atoms with Gasteiger partial charge >= 0.3 is 0 Å². The van der Waals surface area contributed by atoms with E-state index in [2.05, 4.69) is 10.3 Å². The molecule has 0 saturated carbocycles. The standard InChI is InChI=1S/C19H25N3O5/c1-11-14(9-20-18(25)13-10-22(2)7-6-15(13)23)21-19(27-11)12-4-5-17(26-3)16(24)8-12/h4-5,8,13,15,23-24H,6-7,9-10H2,1-3H3,(H,20,25)/t13-,15-/m1/s1. The number of oxazole rings is 1. The van der Waals surface area contributed by atoms with Gasteiger partial charge in [0, 0.05) is 18.7 Å². The summed E-state index contributed by atoms with van der Waals surface area (Å²) in [6, 6.07) is 4.88. The summed E-state index contributed by atoms with van der Waals surface area (Å²) in [7, 11) is 3.41. The van der Waals surface area contributed by atoms with Crippen LogP contribution < -0.4 is 10.1 Å². The SMILES string of the molecule is COc1ccc(-c2nc(CNC(=O)[C@@H]3CN(C)CC[C@H]3O)c(C)o2)cc1O. The molecule has 2 atom stereocenters. The minimum Gasteiger partial charge on any atom is -0.504 e. The third-order valence-electron chi connectivity index (χ3n) is 4.86. The van der Waals surface area contributed by atoms with E-state index < -0.39 is 12.0 Å². The average Bonchev–Trinajstić information content (AvgIpc) is 3.02. The largest absolute Gasteiger partial charge is 0.504 e. The van der Waals surface area contributed by atoms with Gasteiger partial charge in [-0.2, -0.15) is 0 Å². The number of benzene rings is 1. The van der Waals surface area contributed by atoms with Crippen LogP contribution in [0.25, 0.3) is 11.5 Å². The van der Waals surface area contributed by atoms with Crippen LogP contribution in [0.3, 0.4) is 0 Å². The van der Waals surface area contributed by atoms with E-state index in [-0.39, 0.29) is 18.2 Å². The summed E-state index contributed by atoms with van der Waals surface area (Å²) in [5.74, 6) is 0.657. The Morgan fingerprint density at radius 1 is 1.48 bits per heavy atom. The van der Waals surface area contributed by atoms with Crippen molar-refractivity contribution in [3.63, 3.8) is 0 Å². The Morgan fingerprint density at radius 2 is 2.26 bits per heavy atom. The number of nitrogens with one attached hydrogen (secondary N) is 1. The van der Waals surface area contributed by atoms with E-state index in [0.717, 1.165) is 6.54 Å². The van der Waals surface area contributed by atoms with Crippen LogP contribution in [0.5, 0.6) is 11.5 Å². The first-order chi connectivity index (χ1) is 12.9. The van der Waals surface area contributed by atoms with Gasteiger partial charge in [0.15, 0.2) is 11.5 Å². The number of phenolic OH excluding ortho intramolecular Hbond substituents is 1. The first kappa shape index (κ1) is 19.2. The van der Waals surface area contributed by atoms with Crippen molar-refractivity contribution in [1.82, 2.24) is 15.2 Å². The fourth-order valence-electron chi connectivity index (χ4n) is 3.20. The number of aromatic hydroxyl groups is 1. The van der Waals surface area contributed by atoms with Crippen LogP contribution in [0.1, 0.15) is 17.9 Å². The number of rotatable bonds is 5. The third kappa shape index (κ3) is 4.23. The maximum atomic E-state index is 12.4. The molecule has 8 heteroatoms. The molecule has 1 amide bonds. The summed E-state index contributed by atoms with van der Waals surface area (Å²) in [4.78, 5) is 18.9. The molecule has 1 fully saturated rings. The monoisotopic (exact) mass is 375 g/mol. The van der Waals surface area contributed by atoms with Crippen molar-refractivity contribution in [2.45, 2.75) is 26.0 Å². The molecular weight excluding hydrogens is 350 g/mol. The second-order valence-corrected chi connectivity index (χ2v) is 6.85. The summed E-state index contributed by atoms with van der Waals surface area (Å²) in [5, 5.41) is 22.8. The number of aliphatic hydroxyl groups excluding tert-OH is 1. The Labute approximate surface area is 157 Å². The van der Waals surface area contributed by atoms with Crippen LogP contribution in [0.2, 0.25) is 0 Å². The van der Waals surface area contributed by atoms with E-state index >= 15 is 0 Å². The molecule has 0 aliphatic carbocycles. The van der Waals surface area contributed by atoms with Crippen molar-refractivity contribution >= 4 is 5.91 Å². The lowest BCUT2D eigenvalue weighted by atomic mass is 9.94. The van der Waals surface area contributed by atoms with Gasteiger partial charge in [0.05, 0.1) is 25.7 Å². The summed E-state index contributed by atoms with van der Waals surface area (Å²) in [5.41, 5.74) is 1.21. The van der Waals surface area contributed by atoms with E-state index in [1.165, 1.54) is 13.2 Å². The number of piperidine rings is 1. The molecule has 0 radical (unpaired) electrons. The average molecular weight is 375 g/mol. The van der Waals surface area contributed by atoms with Gasteiger partial charge in [-0.05, 0) is 38.6 Å². The molecule has 1 aromatic heterocycles. The van der Waals surface area contributed by atoms with Crippen molar-refractivity contribution in [2.24, 2.45) is 5.92 Å². The van der Waals surface area contributed by atoms with Crippen molar-refractivity contribution in [3.8, 4) is 23.0 Å². The van der Waals surface area contributed by atoms with E-state index in [9.17, 15) is 15.0 Å². The second-order valence-electron chi connectivity index (χ2n) is 6.85. The van der Waals surface area contributed by atoms with Gasteiger partial charge < -0.3 is 29.6 Å². The minimum absolute atomic E-state index is 0.00360. The Hall–Kier alpha value is -2.58. The van der Waals surface area contributed by atoms with Crippen molar-refractivity contribution in [3.05, 3.63) is 29.7 Å². The van der Waals surface area contributed by atoms with Crippen LogP contribution in [0.4, 0.5) is 0 Å². The fourth-order valence-corrected chi connectivity index (χ4v) is 3.20. The predicted octanol–water partition coefficient (Wildman–Crippen LogP) is 1.29. The lowest BCUT2D eigenvalue weighted by Gasteiger charge is -2.32. The van der Waals surface area contributed by atoms with E-state index in [4.69, 9.17) is 9.15 Å². The smallest absolute Gasteiger partial charge is 0.227 e. The molecule has 27 heavy (non-hydrogen) atoms. The second kappa shape index (κ2) is 7.98. The summed E-state index contributed by atoms with van der Waals surface area (Å²) in [6.45, 7) is 3.29. The number of nitrogens with zero attached hydrogens (tertiary/aromatic N) is 2. The summed E-state index contributed by atoms with van der Waals surface area (Å²) in [6.07, 6.45) is -0.0414. The molecule has 0 bridgehead atoms. The maximum absolute atomic E-state index is 12.4. The zero-order valence-electron chi connectivity index (χ0n) is 15.7. The highest BCUT2D eigenvalue weighted by molar-refractivity contribution is 5.79. The molecule has 2 aromatic rings. The van der Waals surface area contributed by atoms with E-state index in [0.29, 0.717) is 41.6 Å². The Kier molecular flexibility index (Phi) is 5.67. The highest BCUT2D eigenvalue weighted by atomic mass is 16.5. The zero-order valence-corrected chi connectivity index (χ0v) is 15.7. The molecule has 2 heterocycles. The Balaban J connectivity index is 1.68. The molecule has 0 unspecified atom stereocenters. The van der Waals surface area contributed by atoms with Crippen LogP contribution in [-0.4, -0.2) is 59.4 Å². The van der Waals surface area contributed by atoms with Gasteiger partial charge in [0.1, 0.15) is 11.5 Å². The molecule has 8 nitrogen and oxygen atoms in total. The number of carbonyl (C=O) groups excluding carboxylic acids is 1. The number of methoxy groups -OCH3 is 1. The van der Waals surface area contributed by atoms with Crippen LogP contribution >= 0.6 is 0 Å². The zero-order chi connectivity index (χ0) is 19.6. The number of amides is 1. The van der Waals surface area contributed by atoms with Crippen LogP contribution in [-0.2, 0) is 11.3 Å². The fraction of sp³-hybridized carbons (Fsp3) is 0.474. The van der Waals surface area contributed by atoms with E-state index in [1.807, 2.05) is 11.9 Å². The number of ether oxygens (including phenoxy) is 1. The molecule has 146 valence electrons. The predicted molar refractivity (Wildman–Crippen MR) is 98.4 cm³/mol. The molecule has 3 N–H and O–H groups in total. The van der Waals surface area contributed by atoms with Gasteiger partial charge in [-0.3, -0.25) is 4.79 Å². The maximum Gasteiger partial charge on any atom is 0.227 e. The molecule has 1 aromatic carbocycles. The highest BCUT2D eigenvalue weighted by Gasteiger charge is 2.31.